The highest BCUT2D eigenvalue weighted by atomic mass is 14.3. The van der Waals surface area contributed by atoms with Gasteiger partial charge in [0.15, 0.2) is 0 Å². The van der Waals surface area contributed by atoms with Gasteiger partial charge >= 0.3 is 0 Å². The molecule has 0 heterocycles. The van der Waals surface area contributed by atoms with E-state index < -0.39 is 0 Å². The van der Waals surface area contributed by atoms with Gasteiger partial charge in [-0.2, -0.15) is 0 Å². The standard InChI is InChI=1S/C20H18/c1-2-7-17-15(4-1)12-16-9-8-13-5-3-6-14-10-11-18(17)20(16)19(13)14/h3,5-6,8-9,12H,1-2,4,7,10-11H2. The molecule has 0 fully saturated rings. The van der Waals surface area contributed by atoms with Crippen LogP contribution in [0, 0.1) is 0 Å². The van der Waals surface area contributed by atoms with E-state index in [1.807, 2.05) is 0 Å². The molecule has 3 aromatic carbocycles. The van der Waals surface area contributed by atoms with Crippen LogP contribution in [0.1, 0.15) is 35.1 Å². The van der Waals surface area contributed by atoms with Crippen LogP contribution in [0.4, 0.5) is 0 Å². The monoisotopic (exact) mass is 258 g/mol. The molecular formula is C20H18. The molecule has 2 aliphatic rings. The summed E-state index contributed by atoms with van der Waals surface area (Å²) in [7, 11) is 0. The van der Waals surface area contributed by atoms with Gasteiger partial charge in [-0.1, -0.05) is 36.4 Å². The third-order valence-corrected chi connectivity index (χ3v) is 5.31. The van der Waals surface area contributed by atoms with E-state index in [1.165, 1.54) is 49.3 Å². The zero-order valence-corrected chi connectivity index (χ0v) is 11.7. The summed E-state index contributed by atoms with van der Waals surface area (Å²) < 4.78 is 0. The Kier molecular flexibility index (Phi) is 2.10. The van der Waals surface area contributed by atoms with Crippen LogP contribution in [0.3, 0.4) is 0 Å². The fraction of sp³-hybridized carbons (Fsp3) is 0.300. The van der Waals surface area contributed by atoms with E-state index in [4.69, 9.17) is 0 Å². The van der Waals surface area contributed by atoms with Crippen molar-refractivity contribution in [1.29, 1.82) is 0 Å². The molecule has 98 valence electrons. The SMILES string of the molecule is c1cc2c3c(c1)ccc1cc4c(c(c13)CC2)CCCC4. The molecule has 20 heavy (non-hydrogen) atoms. The van der Waals surface area contributed by atoms with Crippen molar-refractivity contribution in [1.82, 2.24) is 0 Å². The van der Waals surface area contributed by atoms with E-state index in [0.717, 1.165) is 0 Å². The molecule has 5 rings (SSSR count). The Balaban J connectivity index is 2.03. The lowest BCUT2D eigenvalue weighted by Gasteiger charge is -2.26. The van der Waals surface area contributed by atoms with Gasteiger partial charge in [-0.15, -0.1) is 0 Å². The molecule has 2 aliphatic carbocycles. The third-order valence-electron chi connectivity index (χ3n) is 5.31. The van der Waals surface area contributed by atoms with Crippen molar-refractivity contribution in [2.45, 2.75) is 38.5 Å². The van der Waals surface area contributed by atoms with Crippen LogP contribution < -0.4 is 0 Å². The van der Waals surface area contributed by atoms with Crippen molar-refractivity contribution in [3.63, 3.8) is 0 Å². The van der Waals surface area contributed by atoms with Crippen LogP contribution >= 0.6 is 0 Å². The molecule has 0 heteroatoms. The highest BCUT2D eigenvalue weighted by Crippen LogP contribution is 2.40. The molecule has 0 atom stereocenters. The van der Waals surface area contributed by atoms with E-state index >= 15 is 0 Å². The van der Waals surface area contributed by atoms with Gasteiger partial charge in [-0.05, 0) is 82.3 Å². The topological polar surface area (TPSA) is 0 Å². The van der Waals surface area contributed by atoms with Crippen LogP contribution in [-0.2, 0) is 25.7 Å². The average Bonchev–Trinajstić information content (AvgIpc) is 2.52. The Labute approximate surface area is 119 Å². The first kappa shape index (κ1) is 10.9. The quantitative estimate of drug-likeness (QED) is 0.499. The minimum absolute atomic E-state index is 1.22. The smallest absolute Gasteiger partial charge is 0.00675 e. The molecule has 3 aromatic rings. The molecule has 0 N–H and O–H groups in total. The number of aryl methyl sites for hydroxylation is 3. The van der Waals surface area contributed by atoms with Gasteiger partial charge in [0.05, 0.1) is 0 Å². The summed E-state index contributed by atoms with van der Waals surface area (Å²) in [5.74, 6) is 0. The molecule has 0 bridgehead atoms. The largest absolute Gasteiger partial charge is 0.0614 e. The maximum atomic E-state index is 2.48. The summed E-state index contributed by atoms with van der Waals surface area (Å²) in [5.41, 5.74) is 6.57. The van der Waals surface area contributed by atoms with Crippen LogP contribution in [-0.4, -0.2) is 0 Å². The van der Waals surface area contributed by atoms with Gasteiger partial charge in [0.1, 0.15) is 0 Å². The molecule has 0 saturated heterocycles. The second kappa shape index (κ2) is 3.85. The van der Waals surface area contributed by atoms with E-state index in [-0.39, 0.29) is 0 Å². The van der Waals surface area contributed by atoms with Gasteiger partial charge in [0, 0.05) is 0 Å². The predicted molar refractivity (Wildman–Crippen MR) is 85.5 cm³/mol. The number of hydrogen-bond donors (Lipinski definition) is 0. The zero-order chi connectivity index (χ0) is 13.1. The molecule has 0 amide bonds. The summed E-state index contributed by atoms with van der Waals surface area (Å²) in [6.07, 6.45) is 7.81. The van der Waals surface area contributed by atoms with Gasteiger partial charge in [-0.25, -0.2) is 0 Å². The lowest BCUT2D eigenvalue weighted by molar-refractivity contribution is 0.679. The first-order chi connectivity index (χ1) is 9.92. The second-order valence-electron chi connectivity index (χ2n) is 6.38. The average molecular weight is 258 g/mol. The maximum absolute atomic E-state index is 2.48. The Hall–Kier alpha value is -1.82. The summed E-state index contributed by atoms with van der Waals surface area (Å²) in [6.45, 7) is 0. The predicted octanol–water partition coefficient (Wildman–Crippen LogP) is 4.97. The van der Waals surface area contributed by atoms with E-state index in [2.05, 4.69) is 36.4 Å². The minimum atomic E-state index is 1.22. The van der Waals surface area contributed by atoms with Gasteiger partial charge in [-0.3, -0.25) is 0 Å². The van der Waals surface area contributed by atoms with E-state index in [1.54, 1.807) is 33.0 Å². The van der Waals surface area contributed by atoms with Gasteiger partial charge in [0.2, 0.25) is 0 Å². The summed E-state index contributed by atoms with van der Waals surface area (Å²) in [4.78, 5) is 0. The lowest BCUT2D eigenvalue weighted by Crippen LogP contribution is -2.11. The Morgan fingerprint density at radius 1 is 0.600 bits per heavy atom. The first-order valence-electron chi connectivity index (χ1n) is 7.90. The lowest BCUT2D eigenvalue weighted by atomic mass is 9.78. The number of hydrogen-bond acceptors (Lipinski definition) is 0. The van der Waals surface area contributed by atoms with Crippen molar-refractivity contribution in [3.8, 4) is 0 Å². The summed E-state index contributed by atoms with van der Waals surface area (Å²) in [6, 6.07) is 13.9. The van der Waals surface area contributed by atoms with Crippen molar-refractivity contribution in [2.24, 2.45) is 0 Å². The summed E-state index contributed by atoms with van der Waals surface area (Å²) >= 11 is 0. The third kappa shape index (κ3) is 1.32. The van der Waals surface area contributed by atoms with Gasteiger partial charge in [0.25, 0.3) is 0 Å². The van der Waals surface area contributed by atoms with Crippen LogP contribution in [0.25, 0.3) is 21.5 Å². The second-order valence-corrected chi connectivity index (χ2v) is 6.38. The van der Waals surface area contributed by atoms with Crippen molar-refractivity contribution in [2.75, 3.05) is 0 Å². The molecule has 0 aromatic heterocycles. The number of benzene rings is 3. The molecule has 0 unspecified atom stereocenters. The minimum Gasteiger partial charge on any atom is -0.0614 e. The van der Waals surface area contributed by atoms with E-state index in [0.29, 0.717) is 0 Å². The molecule has 0 aliphatic heterocycles. The van der Waals surface area contributed by atoms with Crippen molar-refractivity contribution < 1.29 is 0 Å². The Bertz CT molecular complexity index is 855. The zero-order valence-electron chi connectivity index (χ0n) is 11.7. The first-order valence-corrected chi connectivity index (χ1v) is 7.90. The van der Waals surface area contributed by atoms with Crippen LogP contribution in [0.5, 0.6) is 0 Å². The van der Waals surface area contributed by atoms with Gasteiger partial charge < -0.3 is 0 Å². The molecule has 0 spiro atoms. The molecule has 0 radical (unpaired) electrons. The number of rotatable bonds is 0. The normalized spacial score (nSPS) is 16.8. The fourth-order valence-corrected chi connectivity index (χ4v) is 4.43. The van der Waals surface area contributed by atoms with Crippen molar-refractivity contribution >= 4 is 21.5 Å². The Morgan fingerprint density at radius 3 is 2.50 bits per heavy atom. The molecular weight excluding hydrogens is 240 g/mol. The fourth-order valence-electron chi connectivity index (χ4n) is 4.43. The maximum Gasteiger partial charge on any atom is -0.00675 e. The van der Waals surface area contributed by atoms with Crippen molar-refractivity contribution in [3.05, 3.63) is 58.7 Å². The highest BCUT2D eigenvalue weighted by Gasteiger charge is 2.21. The molecule has 0 saturated carbocycles. The van der Waals surface area contributed by atoms with E-state index in [9.17, 15) is 0 Å². The van der Waals surface area contributed by atoms with Crippen LogP contribution in [0.2, 0.25) is 0 Å². The highest BCUT2D eigenvalue weighted by molar-refractivity contribution is 6.12. The molecule has 0 nitrogen and oxygen atoms in total. The number of fused-ring (bicyclic) bond motifs is 2. The Morgan fingerprint density at radius 2 is 1.50 bits per heavy atom. The van der Waals surface area contributed by atoms with Crippen LogP contribution in [0.15, 0.2) is 36.4 Å². The summed E-state index contributed by atoms with van der Waals surface area (Å²) in [5, 5.41) is 6.01.